The molecular weight excluding hydrogens is 519 g/mol. The minimum atomic E-state index is -2.06. The molecule has 0 fully saturated rings. The Morgan fingerprint density at radius 3 is 1.67 bits per heavy atom. The van der Waals surface area contributed by atoms with Crippen LogP contribution in [0.3, 0.4) is 0 Å². The van der Waals surface area contributed by atoms with Crippen LogP contribution < -0.4 is 43.9 Å². The summed E-state index contributed by atoms with van der Waals surface area (Å²) in [5, 5.41) is 6.17. The average Bonchev–Trinajstić information content (AvgIpc) is 2.86. The lowest BCUT2D eigenvalue weighted by Crippen LogP contribution is -3.00. The fourth-order valence-corrected chi connectivity index (χ4v) is 7.85. The fourth-order valence-electron chi connectivity index (χ4n) is 3.60. The number of esters is 1. The molecule has 3 rings (SSSR count). The van der Waals surface area contributed by atoms with E-state index in [9.17, 15) is 9.59 Å². The highest BCUT2D eigenvalue weighted by Crippen LogP contribution is 2.54. The summed E-state index contributed by atoms with van der Waals surface area (Å²) in [6, 6.07) is 30.4. The highest BCUT2D eigenvalue weighted by Gasteiger charge is 2.45. The van der Waals surface area contributed by atoms with E-state index >= 15 is 0 Å². The molecule has 3 N–H and O–H groups in total. The molecule has 0 bridgehead atoms. The monoisotopic (exact) mass is 546 g/mol. The molecule has 33 heavy (non-hydrogen) atoms. The molecule has 1 amide bonds. The summed E-state index contributed by atoms with van der Waals surface area (Å²) in [5.41, 5.74) is 5.62. The number of rotatable bonds is 10. The summed E-state index contributed by atoms with van der Waals surface area (Å²) < 4.78 is 5.54. The van der Waals surface area contributed by atoms with Crippen LogP contribution in [0.25, 0.3) is 0 Å². The number of nitrogens with two attached hydrogens (primary N) is 1. The molecule has 0 radical (unpaired) electrons. The normalized spacial score (nSPS) is 11.7. The standard InChI is InChI=1S/C25H27N2O3PS.BrH/c26-23(19-32)25(29)27-18-24(28)30-16-17-31(20-10-4-1-5-11-20,21-12-6-2-7-13-21)22-14-8-3-9-15-22;/h1-15,23H,16-19,26H2,(H-,27,29,32);1H. The van der Waals surface area contributed by atoms with E-state index in [1.807, 2.05) is 54.6 Å². The van der Waals surface area contributed by atoms with Crippen molar-refractivity contribution < 1.29 is 31.3 Å². The van der Waals surface area contributed by atoms with Crippen molar-refractivity contribution in [2.24, 2.45) is 5.73 Å². The molecule has 0 aliphatic carbocycles. The van der Waals surface area contributed by atoms with Gasteiger partial charge in [-0.05, 0) is 36.4 Å². The third-order valence-corrected chi connectivity index (χ3v) is 10.0. The van der Waals surface area contributed by atoms with E-state index in [2.05, 4.69) is 54.3 Å². The molecule has 1 atom stereocenters. The number of benzene rings is 3. The second-order valence-electron chi connectivity index (χ2n) is 7.27. The number of thiol groups is 1. The molecule has 3 aromatic carbocycles. The van der Waals surface area contributed by atoms with Crippen LogP contribution in [0.2, 0.25) is 0 Å². The zero-order valence-electron chi connectivity index (χ0n) is 18.1. The van der Waals surface area contributed by atoms with Crippen molar-refractivity contribution in [1.82, 2.24) is 5.32 Å². The number of carbonyl (C=O) groups excluding carboxylic acids is 2. The molecule has 0 saturated heterocycles. The molecule has 8 heteroatoms. The molecule has 3 aromatic rings. The molecular formula is C25H28BrN2O3PS. The van der Waals surface area contributed by atoms with Gasteiger partial charge in [-0.3, -0.25) is 9.59 Å². The van der Waals surface area contributed by atoms with Gasteiger partial charge in [-0.2, -0.15) is 12.6 Å². The van der Waals surface area contributed by atoms with Gasteiger partial charge in [0.15, 0.2) is 0 Å². The predicted molar refractivity (Wildman–Crippen MR) is 136 cm³/mol. The lowest BCUT2D eigenvalue weighted by Gasteiger charge is -2.27. The van der Waals surface area contributed by atoms with E-state index in [0.29, 0.717) is 6.16 Å². The lowest BCUT2D eigenvalue weighted by molar-refractivity contribution is -0.143. The van der Waals surface area contributed by atoms with Gasteiger partial charge in [0.05, 0.1) is 6.04 Å². The maximum Gasteiger partial charge on any atom is 0.325 e. The Kier molecular flexibility index (Phi) is 11.1. The van der Waals surface area contributed by atoms with Crippen LogP contribution in [0.4, 0.5) is 0 Å². The molecule has 1 unspecified atom stereocenters. The molecule has 5 nitrogen and oxygen atoms in total. The quantitative estimate of drug-likeness (QED) is 0.171. The number of hydrogen-bond donors (Lipinski definition) is 3. The zero-order chi connectivity index (χ0) is 22.8. The summed E-state index contributed by atoms with van der Waals surface area (Å²) in [4.78, 5) is 24.0. The van der Waals surface area contributed by atoms with E-state index < -0.39 is 25.2 Å². The molecule has 0 saturated carbocycles. The smallest absolute Gasteiger partial charge is 0.325 e. The van der Waals surface area contributed by atoms with Crippen LogP contribution in [0.5, 0.6) is 0 Å². The van der Waals surface area contributed by atoms with Crippen molar-refractivity contribution in [3.63, 3.8) is 0 Å². The molecule has 0 heterocycles. The highest BCUT2D eigenvalue weighted by atomic mass is 79.9. The largest absolute Gasteiger partial charge is 1.00 e. The van der Waals surface area contributed by atoms with Crippen LogP contribution in [-0.2, 0) is 14.3 Å². The first-order valence-electron chi connectivity index (χ1n) is 10.4. The van der Waals surface area contributed by atoms with Crippen LogP contribution in [-0.4, -0.2) is 43.0 Å². The average molecular weight is 547 g/mol. The summed E-state index contributed by atoms with van der Waals surface area (Å²) in [6.07, 6.45) is 0.654. The Balaban J connectivity index is 0.00000385. The van der Waals surface area contributed by atoms with Crippen LogP contribution in [0, 0.1) is 0 Å². The molecule has 0 aliphatic heterocycles. The predicted octanol–water partition coefficient (Wildman–Crippen LogP) is -1.10. The molecule has 174 valence electrons. The lowest BCUT2D eigenvalue weighted by atomic mass is 10.3. The van der Waals surface area contributed by atoms with E-state index in [1.165, 1.54) is 15.9 Å². The van der Waals surface area contributed by atoms with Crippen molar-refractivity contribution in [1.29, 1.82) is 0 Å². The number of amides is 1. The number of hydrogen-bond acceptors (Lipinski definition) is 5. The van der Waals surface area contributed by atoms with Crippen LogP contribution in [0.15, 0.2) is 91.0 Å². The third-order valence-electron chi connectivity index (χ3n) is 5.22. The van der Waals surface area contributed by atoms with Crippen molar-refractivity contribution in [2.75, 3.05) is 25.1 Å². The fraction of sp³-hybridized carbons (Fsp3) is 0.200. The second kappa shape index (κ2) is 13.5. The van der Waals surface area contributed by atoms with Crippen molar-refractivity contribution in [3.05, 3.63) is 91.0 Å². The maximum atomic E-state index is 12.3. The summed E-state index contributed by atoms with van der Waals surface area (Å²) in [7, 11) is -2.06. The summed E-state index contributed by atoms with van der Waals surface area (Å²) >= 11 is 3.99. The Morgan fingerprint density at radius 1 is 0.848 bits per heavy atom. The van der Waals surface area contributed by atoms with Gasteiger partial charge in [0.2, 0.25) is 5.91 Å². The van der Waals surface area contributed by atoms with E-state index in [1.54, 1.807) is 0 Å². The van der Waals surface area contributed by atoms with Gasteiger partial charge in [-0.25, -0.2) is 0 Å². The Morgan fingerprint density at radius 2 is 1.27 bits per heavy atom. The van der Waals surface area contributed by atoms with Gasteiger partial charge < -0.3 is 32.8 Å². The topological polar surface area (TPSA) is 81.4 Å². The van der Waals surface area contributed by atoms with Crippen molar-refractivity contribution in [3.8, 4) is 0 Å². The van der Waals surface area contributed by atoms with E-state index in [0.717, 1.165) is 0 Å². The Bertz CT molecular complexity index is 913. The Hall–Kier alpha value is -2.18. The summed E-state index contributed by atoms with van der Waals surface area (Å²) in [6.45, 7) is 0.0214. The number of carbonyl (C=O) groups is 2. The van der Waals surface area contributed by atoms with Crippen LogP contribution in [0.1, 0.15) is 0 Å². The van der Waals surface area contributed by atoms with Gasteiger partial charge in [0, 0.05) is 5.75 Å². The van der Waals surface area contributed by atoms with Crippen molar-refractivity contribution in [2.45, 2.75) is 6.04 Å². The summed E-state index contributed by atoms with van der Waals surface area (Å²) in [5.74, 6) is -0.701. The van der Waals surface area contributed by atoms with Crippen LogP contribution >= 0.6 is 19.9 Å². The van der Waals surface area contributed by atoms with E-state index in [4.69, 9.17) is 10.5 Å². The molecule has 0 aliphatic rings. The van der Waals surface area contributed by atoms with E-state index in [-0.39, 0.29) is 35.9 Å². The first-order chi connectivity index (χ1) is 15.6. The van der Waals surface area contributed by atoms with Gasteiger partial charge >= 0.3 is 5.97 Å². The van der Waals surface area contributed by atoms with Gasteiger partial charge in [0.25, 0.3) is 0 Å². The minimum Gasteiger partial charge on any atom is -1.00 e. The Labute approximate surface area is 211 Å². The maximum absolute atomic E-state index is 12.3. The first kappa shape index (κ1) is 27.1. The van der Waals surface area contributed by atoms with Gasteiger partial charge in [0.1, 0.15) is 42.5 Å². The van der Waals surface area contributed by atoms with Gasteiger partial charge in [-0.15, -0.1) is 0 Å². The highest BCUT2D eigenvalue weighted by molar-refractivity contribution is 7.95. The molecule has 0 aromatic heterocycles. The SMILES string of the molecule is NC(CS)C(=O)NCC(=O)OCC[P+](c1ccccc1)(c1ccccc1)c1ccccc1.[Br-]. The third kappa shape index (κ3) is 6.90. The zero-order valence-corrected chi connectivity index (χ0v) is 21.5. The number of halogens is 1. The minimum absolute atomic E-state index is 0. The molecule has 0 spiro atoms. The van der Waals surface area contributed by atoms with Crippen molar-refractivity contribution >= 4 is 47.7 Å². The van der Waals surface area contributed by atoms with Gasteiger partial charge in [-0.1, -0.05) is 54.6 Å². The first-order valence-corrected chi connectivity index (χ1v) is 13.0. The number of ether oxygens (including phenoxy) is 1. The second-order valence-corrected chi connectivity index (χ2v) is 11.2. The number of nitrogens with one attached hydrogen (secondary N) is 1.